The normalized spacial score (nSPS) is 16.0. The fourth-order valence-corrected chi connectivity index (χ4v) is 2.82. The van der Waals surface area contributed by atoms with Gasteiger partial charge in [0.15, 0.2) is 0 Å². The van der Waals surface area contributed by atoms with Gasteiger partial charge in [0.05, 0.1) is 17.2 Å². The van der Waals surface area contributed by atoms with Crippen molar-refractivity contribution in [3.63, 3.8) is 0 Å². The molecule has 0 heterocycles. The Kier molecular flexibility index (Phi) is 6.56. The minimum Gasteiger partial charge on any atom is -0.323 e. The number of hydrogen-bond donors (Lipinski definition) is 3. The van der Waals surface area contributed by atoms with Crippen molar-refractivity contribution in [3.8, 4) is 0 Å². The highest BCUT2D eigenvalue weighted by atomic mass is 19.4. The first-order valence-electron chi connectivity index (χ1n) is 9.11. The van der Waals surface area contributed by atoms with E-state index in [1.54, 1.807) is 0 Å². The molecule has 0 saturated heterocycles. The van der Waals surface area contributed by atoms with Gasteiger partial charge in [-0.1, -0.05) is 0 Å². The summed E-state index contributed by atoms with van der Waals surface area (Å²) in [6.45, 7) is 0. The van der Waals surface area contributed by atoms with Gasteiger partial charge >= 0.3 is 12.2 Å². The molecule has 0 radical (unpaired) electrons. The van der Waals surface area contributed by atoms with Crippen molar-refractivity contribution in [2.45, 2.75) is 12.6 Å². The lowest BCUT2D eigenvalue weighted by molar-refractivity contribution is -0.137. The van der Waals surface area contributed by atoms with Crippen molar-refractivity contribution in [2.24, 2.45) is 5.92 Å². The minimum atomic E-state index is -4.52. The van der Waals surface area contributed by atoms with E-state index in [-0.39, 0.29) is 23.5 Å². The summed E-state index contributed by atoms with van der Waals surface area (Å²) in [6, 6.07) is 6.05. The molecule has 0 aliphatic heterocycles. The van der Waals surface area contributed by atoms with Crippen molar-refractivity contribution in [1.82, 2.24) is 0 Å². The molecule has 0 saturated carbocycles. The molecule has 32 heavy (non-hydrogen) atoms. The maximum Gasteiger partial charge on any atom is 0.416 e. The number of urea groups is 1. The summed E-state index contributed by atoms with van der Waals surface area (Å²) in [5.74, 6) is -4.92. The van der Waals surface area contributed by atoms with Crippen molar-refractivity contribution in [3.05, 3.63) is 77.7 Å². The predicted octanol–water partition coefficient (Wildman–Crippen LogP) is 6.15. The van der Waals surface area contributed by atoms with Gasteiger partial charge in [0.25, 0.3) is 0 Å². The second-order valence-electron chi connectivity index (χ2n) is 6.74. The largest absolute Gasteiger partial charge is 0.416 e. The van der Waals surface area contributed by atoms with Gasteiger partial charge in [-0.2, -0.15) is 13.2 Å². The second kappa shape index (κ2) is 9.16. The van der Waals surface area contributed by atoms with Crippen LogP contribution in [0.3, 0.4) is 0 Å². The first kappa shape index (κ1) is 22.9. The number of hydrogen-bond acceptors (Lipinski definition) is 2. The molecule has 3 N–H and O–H groups in total. The molecular formula is C21H15F6N3O2. The maximum atomic E-state index is 14.1. The van der Waals surface area contributed by atoms with Gasteiger partial charge in [0.2, 0.25) is 5.91 Å². The van der Waals surface area contributed by atoms with E-state index in [0.29, 0.717) is 6.08 Å². The molecule has 1 atom stereocenters. The molecule has 0 spiro atoms. The van der Waals surface area contributed by atoms with Gasteiger partial charge in [-0.25, -0.2) is 18.0 Å². The Morgan fingerprint density at radius 2 is 1.50 bits per heavy atom. The molecule has 2 aromatic carbocycles. The third-order valence-electron chi connectivity index (χ3n) is 4.43. The molecule has 1 aliphatic rings. The van der Waals surface area contributed by atoms with Gasteiger partial charge in [-0.05, 0) is 55.0 Å². The maximum absolute atomic E-state index is 14.1. The fourth-order valence-electron chi connectivity index (χ4n) is 2.82. The predicted molar refractivity (Wildman–Crippen MR) is 106 cm³/mol. The highest BCUT2D eigenvalue weighted by molar-refractivity contribution is 6.00. The van der Waals surface area contributed by atoms with Crippen molar-refractivity contribution < 1.29 is 35.9 Å². The van der Waals surface area contributed by atoms with Gasteiger partial charge in [-0.15, -0.1) is 0 Å². The average molecular weight is 455 g/mol. The van der Waals surface area contributed by atoms with Gasteiger partial charge in [0, 0.05) is 17.5 Å². The molecule has 3 amide bonds. The smallest absolute Gasteiger partial charge is 0.323 e. The molecule has 3 rings (SSSR count). The van der Waals surface area contributed by atoms with Gasteiger partial charge < -0.3 is 16.0 Å². The molecule has 5 nitrogen and oxygen atoms in total. The summed E-state index contributed by atoms with van der Waals surface area (Å²) < 4.78 is 78.6. The first-order chi connectivity index (χ1) is 15.0. The zero-order valence-corrected chi connectivity index (χ0v) is 16.1. The number of nitrogens with one attached hydrogen (secondary N) is 3. The summed E-state index contributed by atoms with van der Waals surface area (Å²) in [5.41, 5.74) is -1.13. The first-order valence-corrected chi connectivity index (χ1v) is 9.11. The molecule has 11 heteroatoms. The number of carbonyl (C=O) groups excluding carboxylic acids is 2. The molecule has 168 valence electrons. The van der Waals surface area contributed by atoms with Crippen molar-refractivity contribution in [1.29, 1.82) is 0 Å². The quantitative estimate of drug-likeness (QED) is 0.484. The third kappa shape index (κ3) is 5.68. The van der Waals surface area contributed by atoms with Crippen molar-refractivity contribution >= 4 is 29.0 Å². The lowest BCUT2D eigenvalue weighted by Gasteiger charge is -2.17. The van der Waals surface area contributed by atoms with Crippen LogP contribution in [0.5, 0.6) is 0 Å². The van der Waals surface area contributed by atoms with Crippen LogP contribution in [-0.4, -0.2) is 11.9 Å². The van der Waals surface area contributed by atoms with Crippen LogP contribution in [0.15, 0.2) is 66.3 Å². The zero-order chi connectivity index (χ0) is 23.5. The summed E-state index contributed by atoms with van der Waals surface area (Å²) in [5, 5.41) is 6.83. The van der Waals surface area contributed by atoms with Crippen LogP contribution in [0, 0.1) is 11.7 Å². The number of rotatable bonds is 4. The van der Waals surface area contributed by atoms with E-state index in [2.05, 4.69) is 16.0 Å². The molecule has 1 aliphatic carbocycles. The number of amides is 3. The Bertz CT molecular complexity index is 1090. The number of allylic oxidation sites excluding steroid dienone is 3. The van der Waals surface area contributed by atoms with E-state index in [9.17, 15) is 35.9 Å². The number of halogens is 6. The Labute approximate surface area is 177 Å². The summed E-state index contributed by atoms with van der Waals surface area (Å²) in [6.07, 6.45) is -3.17. The highest BCUT2D eigenvalue weighted by Crippen LogP contribution is 2.30. The molecular weight excluding hydrogens is 440 g/mol. The van der Waals surface area contributed by atoms with E-state index < -0.39 is 47.1 Å². The van der Waals surface area contributed by atoms with Crippen LogP contribution in [-0.2, 0) is 11.0 Å². The van der Waals surface area contributed by atoms with Gasteiger partial charge in [-0.3, -0.25) is 4.79 Å². The second-order valence-corrected chi connectivity index (χ2v) is 6.74. The van der Waals surface area contributed by atoms with Crippen LogP contribution in [0.25, 0.3) is 0 Å². The van der Waals surface area contributed by atoms with Crippen molar-refractivity contribution in [2.75, 3.05) is 16.0 Å². The van der Waals surface area contributed by atoms with Crippen LogP contribution in [0.1, 0.15) is 12.0 Å². The number of alkyl halides is 3. The summed E-state index contributed by atoms with van der Waals surface area (Å²) in [7, 11) is 0. The van der Waals surface area contributed by atoms with E-state index in [1.807, 2.05) is 0 Å². The van der Waals surface area contributed by atoms with Crippen LogP contribution >= 0.6 is 0 Å². The Hall–Kier alpha value is -3.76. The zero-order valence-electron chi connectivity index (χ0n) is 16.1. The Morgan fingerprint density at radius 1 is 0.875 bits per heavy atom. The van der Waals surface area contributed by atoms with Crippen LogP contribution in [0.4, 0.5) is 48.2 Å². The monoisotopic (exact) mass is 455 g/mol. The molecule has 0 bridgehead atoms. The number of anilines is 3. The SMILES string of the molecule is O=C(Nc1ccc(C(F)(F)F)cc1)Nc1ccc(F)c(NC(=O)C2CC=C(F)C=C2F)c1. The van der Waals surface area contributed by atoms with E-state index in [4.69, 9.17) is 0 Å². The lowest BCUT2D eigenvalue weighted by Crippen LogP contribution is -2.25. The number of carbonyl (C=O) groups is 2. The fraction of sp³-hybridized carbons (Fsp3) is 0.143. The van der Waals surface area contributed by atoms with E-state index in [0.717, 1.165) is 42.5 Å². The summed E-state index contributed by atoms with van der Waals surface area (Å²) >= 11 is 0. The van der Waals surface area contributed by atoms with Crippen LogP contribution in [0.2, 0.25) is 0 Å². The average Bonchev–Trinajstić information content (AvgIpc) is 2.70. The third-order valence-corrected chi connectivity index (χ3v) is 4.43. The molecule has 1 unspecified atom stereocenters. The number of benzene rings is 2. The molecule has 0 fully saturated rings. The highest BCUT2D eigenvalue weighted by Gasteiger charge is 2.30. The molecule has 0 aromatic heterocycles. The van der Waals surface area contributed by atoms with Gasteiger partial charge in [0.1, 0.15) is 17.5 Å². The summed E-state index contributed by atoms with van der Waals surface area (Å²) in [4.78, 5) is 24.3. The Morgan fingerprint density at radius 3 is 2.12 bits per heavy atom. The van der Waals surface area contributed by atoms with E-state index >= 15 is 0 Å². The van der Waals surface area contributed by atoms with Crippen LogP contribution < -0.4 is 16.0 Å². The Balaban J connectivity index is 1.64. The minimum absolute atomic E-state index is 0.0386. The topological polar surface area (TPSA) is 70.2 Å². The molecule has 2 aromatic rings. The lowest BCUT2D eigenvalue weighted by atomic mass is 9.98. The standard InChI is InChI=1S/C21H15F6N3O2/c22-12-3-7-15(17(24)9-12)19(31)30-18-10-14(6-8-16(18)23)29-20(32)28-13-4-1-11(2-5-13)21(25,26)27/h1-6,8-10,15H,7H2,(H,30,31)(H2,28,29,32). The van der Waals surface area contributed by atoms with E-state index in [1.165, 1.54) is 6.07 Å².